The van der Waals surface area contributed by atoms with Crippen LogP contribution < -0.4 is 4.90 Å². The maximum atomic E-state index is 13.8. The molecular formula is C29H29F9N2O3. The minimum atomic E-state index is -5.13. The Balaban J connectivity index is 1.86. The van der Waals surface area contributed by atoms with Gasteiger partial charge in [0.25, 0.3) is 0 Å². The van der Waals surface area contributed by atoms with Gasteiger partial charge in [0.05, 0.1) is 35.0 Å². The summed E-state index contributed by atoms with van der Waals surface area (Å²) in [4.78, 5) is 28.4. The lowest BCUT2D eigenvalue weighted by Gasteiger charge is -2.48. The fourth-order valence-electron chi connectivity index (χ4n) is 5.62. The zero-order valence-electron chi connectivity index (χ0n) is 23.2. The Labute approximate surface area is 241 Å². The van der Waals surface area contributed by atoms with Gasteiger partial charge in [-0.2, -0.15) is 39.5 Å². The fourth-order valence-corrected chi connectivity index (χ4v) is 5.62. The van der Waals surface area contributed by atoms with E-state index >= 15 is 0 Å². The van der Waals surface area contributed by atoms with Crippen molar-refractivity contribution in [3.63, 3.8) is 0 Å². The van der Waals surface area contributed by atoms with Crippen molar-refractivity contribution in [1.29, 1.82) is 0 Å². The van der Waals surface area contributed by atoms with Gasteiger partial charge in [-0.25, -0.2) is 4.79 Å². The third kappa shape index (κ3) is 7.04. The van der Waals surface area contributed by atoms with Crippen molar-refractivity contribution in [2.45, 2.75) is 83.1 Å². The molecule has 0 radical (unpaired) electrons. The van der Waals surface area contributed by atoms with Gasteiger partial charge in [0.15, 0.2) is 0 Å². The molecule has 2 unspecified atom stereocenters. The number of anilines is 1. The number of carbonyl (C=O) groups is 2. The number of hydrogen-bond donors (Lipinski definition) is 0. The van der Waals surface area contributed by atoms with Crippen LogP contribution in [0, 0.1) is 5.92 Å². The zero-order valence-corrected chi connectivity index (χ0v) is 23.2. The Kier molecular flexibility index (Phi) is 8.99. The molecule has 0 saturated heterocycles. The predicted octanol–water partition coefficient (Wildman–Crippen LogP) is 8.76. The van der Waals surface area contributed by atoms with Crippen LogP contribution in [0.4, 0.5) is 50.0 Å². The molecule has 0 spiro atoms. The van der Waals surface area contributed by atoms with Gasteiger partial charge < -0.3 is 9.64 Å². The Bertz CT molecular complexity index is 1320. The van der Waals surface area contributed by atoms with Gasteiger partial charge in [-0.05, 0) is 79.1 Å². The summed E-state index contributed by atoms with van der Waals surface area (Å²) in [6, 6.07) is 1.73. The Morgan fingerprint density at radius 2 is 1.47 bits per heavy atom. The van der Waals surface area contributed by atoms with E-state index in [1.807, 2.05) is 0 Å². The van der Waals surface area contributed by atoms with Crippen LogP contribution in [0.15, 0.2) is 36.4 Å². The second kappa shape index (κ2) is 11.9. The van der Waals surface area contributed by atoms with Crippen molar-refractivity contribution in [3.8, 4) is 0 Å². The normalized spacial score (nSPS) is 19.5. The van der Waals surface area contributed by atoms with E-state index in [-0.39, 0.29) is 36.3 Å². The Morgan fingerprint density at radius 1 is 0.884 bits per heavy atom. The average Bonchev–Trinajstić information content (AvgIpc) is 2.86. The lowest BCUT2D eigenvalue weighted by Crippen LogP contribution is -2.53. The van der Waals surface area contributed by atoms with E-state index in [0.29, 0.717) is 31.4 Å². The largest absolute Gasteiger partial charge is 0.449 e. The quantitative estimate of drug-likeness (QED) is 0.302. The number of hydrogen-bond acceptors (Lipinski definition) is 3. The minimum absolute atomic E-state index is 0.0357. The highest BCUT2D eigenvalue weighted by atomic mass is 19.4. The molecule has 236 valence electrons. The average molecular weight is 625 g/mol. The summed E-state index contributed by atoms with van der Waals surface area (Å²) in [7, 11) is 0. The number of halogens is 9. The second-order valence-electron chi connectivity index (χ2n) is 10.8. The van der Waals surface area contributed by atoms with E-state index in [9.17, 15) is 49.1 Å². The minimum Gasteiger partial charge on any atom is -0.449 e. The third-order valence-electron chi connectivity index (χ3n) is 7.87. The number of rotatable bonds is 6. The molecule has 0 aromatic heterocycles. The first kappa shape index (κ1) is 32.5. The summed E-state index contributed by atoms with van der Waals surface area (Å²) in [5.41, 5.74) is -4.84. The number of fused-ring (bicyclic) bond motifs is 1. The molecule has 14 heteroatoms. The summed E-state index contributed by atoms with van der Waals surface area (Å²) >= 11 is 0. The highest BCUT2D eigenvalue weighted by Gasteiger charge is 2.46. The van der Waals surface area contributed by atoms with Crippen LogP contribution in [-0.4, -0.2) is 29.5 Å². The van der Waals surface area contributed by atoms with Crippen LogP contribution in [0.3, 0.4) is 0 Å². The molecule has 2 aliphatic rings. The van der Waals surface area contributed by atoms with Gasteiger partial charge in [0.2, 0.25) is 5.91 Å². The molecule has 0 bridgehead atoms. The highest BCUT2D eigenvalue weighted by Crippen LogP contribution is 2.49. The molecule has 1 saturated carbocycles. The molecule has 4 rings (SSSR count). The van der Waals surface area contributed by atoms with Crippen LogP contribution in [-0.2, 0) is 34.6 Å². The number of benzene rings is 2. The first-order valence-corrected chi connectivity index (χ1v) is 13.6. The fraction of sp³-hybridized carbons (Fsp3) is 0.517. The van der Waals surface area contributed by atoms with Gasteiger partial charge in [-0.15, -0.1) is 0 Å². The highest BCUT2D eigenvalue weighted by molar-refractivity contribution is 5.91. The summed E-state index contributed by atoms with van der Waals surface area (Å²) in [6.07, 6.45) is -13.3. The molecule has 2 aromatic carbocycles. The van der Waals surface area contributed by atoms with Gasteiger partial charge in [0, 0.05) is 19.5 Å². The molecule has 2 amide bonds. The molecule has 2 atom stereocenters. The Morgan fingerprint density at radius 3 is 1.93 bits per heavy atom. The predicted molar refractivity (Wildman–Crippen MR) is 137 cm³/mol. The number of ether oxygens (including phenoxy) is 1. The van der Waals surface area contributed by atoms with Crippen molar-refractivity contribution in [2.75, 3.05) is 11.5 Å². The van der Waals surface area contributed by atoms with Crippen molar-refractivity contribution < 1.29 is 53.8 Å². The molecule has 0 N–H and O–H groups in total. The topological polar surface area (TPSA) is 49.9 Å². The molecule has 1 aliphatic heterocycles. The molecule has 1 aliphatic carbocycles. The molecule has 1 heterocycles. The van der Waals surface area contributed by atoms with Crippen molar-refractivity contribution >= 4 is 17.7 Å². The molecule has 1 fully saturated rings. The summed E-state index contributed by atoms with van der Waals surface area (Å²) < 4.78 is 128. The molecular weight excluding hydrogens is 595 g/mol. The van der Waals surface area contributed by atoms with Crippen LogP contribution in [0.5, 0.6) is 0 Å². The van der Waals surface area contributed by atoms with E-state index in [2.05, 4.69) is 0 Å². The van der Waals surface area contributed by atoms with Crippen LogP contribution in [0.2, 0.25) is 0 Å². The first-order valence-electron chi connectivity index (χ1n) is 13.6. The number of nitrogens with zero attached hydrogens (tertiary/aromatic N) is 2. The first-order chi connectivity index (χ1) is 19.9. The lowest BCUT2D eigenvalue weighted by molar-refractivity contribution is -0.143. The van der Waals surface area contributed by atoms with Gasteiger partial charge in [-0.3, -0.25) is 9.69 Å². The van der Waals surface area contributed by atoms with Crippen molar-refractivity contribution in [1.82, 2.24) is 4.90 Å². The van der Waals surface area contributed by atoms with E-state index < -0.39 is 71.4 Å². The monoisotopic (exact) mass is 624 g/mol. The van der Waals surface area contributed by atoms with Crippen molar-refractivity contribution in [3.05, 3.63) is 64.2 Å². The van der Waals surface area contributed by atoms with Crippen molar-refractivity contribution in [2.24, 2.45) is 5.92 Å². The number of carbonyl (C=O) groups excluding carboxylic acids is 2. The van der Waals surface area contributed by atoms with Crippen LogP contribution in [0.1, 0.15) is 79.8 Å². The van der Waals surface area contributed by atoms with E-state index in [1.165, 1.54) is 4.90 Å². The van der Waals surface area contributed by atoms with Gasteiger partial charge in [-0.1, -0.05) is 13.3 Å². The molecule has 43 heavy (non-hydrogen) atoms. The lowest BCUT2D eigenvalue weighted by atomic mass is 9.74. The number of amides is 2. The standard InChI is InChI=1S/C29H29F9N2O3/c1-3-9-43-26(42)40-23-8-7-19(27(30,31)32)13-22(23)25(14-24(40)18-5-4-6-18)39(16(2)41)15-17-10-20(28(33,34)35)12-21(11-17)29(36,37)38/h7-8,10-13,18,24-25H,3-6,9,14-15H2,1-2H3. The summed E-state index contributed by atoms with van der Waals surface area (Å²) in [5, 5.41) is 0. The van der Waals surface area contributed by atoms with E-state index in [4.69, 9.17) is 4.74 Å². The zero-order chi connectivity index (χ0) is 31.9. The summed E-state index contributed by atoms with van der Waals surface area (Å²) in [5.74, 6) is -0.889. The van der Waals surface area contributed by atoms with E-state index in [1.54, 1.807) is 6.92 Å². The van der Waals surface area contributed by atoms with Gasteiger partial charge >= 0.3 is 24.6 Å². The maximum Gasteiger partial charge on any atom is 0.416 e. The van der Waals surface area contributed by atoms with Crippen LogP contribution in [0.25, 0.3) is 0 Å². The summed E-state index contributed by atoms with van der Waals surface area (Å²) in [6.45, 7) is 2.09. The van der Waals surface area contributed by atoms with E-state index in [0.717, 1.165) is 36.4 Å². The maximum absolute atomic E-state index is 13.8. The molecule has 2 aromatic rings. The Hall–Kier alpha value is -3.45. The second-order valence-corrected chi connectivity index (χ2v) is 10.8. The number of alkyl halides is 9. The molecule has 5 nitrogen and oxygen atoms in total. The van der Waals surface area contributed by atoms with Gasteiger partial charge in [0.1, 0.15) is 0 Å². The SMILES string of the molecule is CCCOC(=O)N1c2ccc(C(F)(F)F)cc2C(N(Cc2cc(C(F)(F)F)cc(C(F)(F)F)c2)C(C)=O)CC1C1CCC1. The third-order valence-corrected chi connectivity index (χ3v) is 7.87. The smallest absolute Gasteiger partial charge is 0.416 e. The van der Waals surface area contributed by atoms with Crippen LogP contribution >= 0.6 is 0 Å².